The number of nitrogens with one attached hydrogen (secondary N) is 3. The first-order valence-electron chi connectivity index (χ1n) is 6.71. The molecule has 0 radical (unpaired) electrons. The van der Waals surface area contributed by atoms with Gasteiger partial charge in [-0.05, 0) is 40.0 Å². The molecule has 0 heterocycles. The van der Waals surface area contributed by atoms with Crippen LogP contribution in [0.25, 0.3) is 0 Å². The van der Waals surface area contributed by atoms with Crippen LogP contribution in [-0.2, 0) is 9.59 Å². The van der Waals surface area contributed by atoms with Crippen molar-refractivity contribution < 1.29 is 19.5 Å². The molecule has 1 aliphatic carbocycles. The molecule has 0 spiro atoms. The Bertz CT molecular complexity index is 397. The number of rotatable bonds is 5. The van der Waals surface area contributed by atoms with Gasteiger partial charge >= 0.3 is 12.0 Å². The van der Waals surface area contributed by atoms with E-state index in [-0.39, 0.29) is 24.4 Å². The van der Waals surface area contributed by atoms with Crippen LogP contribution in [0.2, 0.25) is 0 Å². The third-order valence-corrected chi connectivity index (χ3v) is 3.10. The molecule has 1 fully saturated rings. The summed E-state index contributed by atoms with van der Waals surface area (Å²) in [6, 6.07) is -0.505. The number of hydrogen-bond acceptors (Lipinski definition) is 3. The molecule has 0 aromatic rings. The van der Waals surface area contributed by atoms with Crippen molar-refractivity contribution in [2.45, 2.75) is 57.5 Å². The maximum atomic E-state index is 11.7. The van der Waals surface area contributed by atoms with Crippen LogP contribution in [0.3, 0.4) is 0 Å². The van der Waals surface area contributed by atoms with Crippen molar-refractivity contribution >= 4 is 17.9 Å². The molecule has 20 heavy (non-hydrogen) atoms. The summed E-state index contributed by atoms with van der Waals surface area (Å²) in [7, 11) is 0. The summed E-state index contributed by atoms with van der Waals surface area (Å²) in [5.41, 5.74) is -1.01. The number of carbonyl (C=O) groups is 3. The molecule has 1 saturated carbocycles. The molecule has 0 aliphatic heterocycles. The zero-order valence-electron chi connectivity index (χ0n) is 12.2. The van der Waals surface area contributed by atoms with Gasteiger partial charge in [-0.15, -0.1) is 0 Å². The SMILES string of the molecule is CC(C)(C)NC(=O)CNC(=O)NC1(CC(=O)O)CCC1. The fourth-order valence-corrected chi connectivity index (χ4v) is 2.15. The lowest BCUT2D eigenvalue weighted by Crippen LogP contribution is -2.58. The Morgan fingerprint density at radius 1 is 1.20 bits per heavy atom. The zero-order valence-corrected chi connectivity index (χ0v) is 12.2. The van der Waals surface area contributed by atoms with Gasteiger partial charge in [0.2, 0.25) is 5.91 Å². The van der Waals surface area contributed by atoms with Crippen LogP contribution < -0.4 is 16.0 Å². The average molecular weight is 285 g/mol. The second-order valence-electron chi connectivity index (χ2n) is 6.31. The number of hydrogen-bond donors (Lipinski definition) is 4. The van der Waals surface area contributed by atoms with Crippen LogP contribution in [0, 0.1) is 0 Å². The Hall–Kier alpha value is -1.79. The first kappa shape index (κ1) is 16.3. The molecule has 0 aromatic carbocycles. The minimum absolute atomic E-state index is 0.0887. The van der Waals surface area contributed by atoms with Crippen LogP contribution in [0.5, 0.6) is 0 Å². The monoisotopic (exact) mass is 285 g/mol. The van der Waals surface area contributed by atoms with E-state index < -0.39 is 17.5 Å². The number of aliphatic carboxylic acids is 1. The first-order chi connectivity index (χ1) is 9.12. The third kappa shape index (κ3) is 5.46. The minimum Gasteiger partial charge on any atom is -0.481 e. The van der Waals surface area contributed by atoms with E-state index in [1.807, 2.05) is 20.8 Å². The molecular weight excluding hydrogens is 262 g/mol. The largest absolute Gasteiger partial charge is 0.481 e. The quantitative estimate of drug-likeness (QED) is 0.593. The van der Waals surface area contributed by atoms with Crippen molar-refractivity contribution in [2.24, 2.45) is 0 Å². The smallest absolute Gasteiger partial charge is 0.315 e. The number of carbonyl (C=O) groups excluding carboxylic acids is 2. The number of urea groups is 1. The lowest BCUT2D eigenvalue weighted by molar-refractivity contribution is -0.139. The lowest BCUT2D eigenvalue weighted by atomic mass is 9.74. The summed E-state index contributed by atoms with van der Waals surface area (Å²) < 4.78 is 0. The van der Waals surface area contributed by atoms with E-state index in [0.717, 1.165) is 6.42 Å². The Labute approximate surface area is 118 Å². The zero-order chi connectivity index (χ0) is 15.4. The fraction of sp³-hybridized carbons (Fsp3) is 0.769. The summed E-state index contributed by atoms with van der Waals surface area (Å²) in [4.78, 5) is 34.0. The van der Waals surface area contributed by atoms with Crippen LogP contribution >= 0.6 is 0 Å². The Balaban J connectivity index is 2.36. The van der Waals surface area contributed by atoms with E-state index in [1.165, 1.54) is 0 Å². The third-order valence-electron chi connectivity index (χ3n) is 3.10. The molecule has 0 aromatic heterocycles. The summed E-state index contributed by atoms with van der Waals surface area (Å²) in [5.74, 6) is -1.22. The molecule has 4 N–H and O–H groups in total. The van der Waals surface area contributed by atoms with Crippen molar-refractivity contribution in [1.82, 2.24) is 16.0 Å². The molecular formula is C13H23N3O4. The van der Waals surface area contributed by atoms with E-state index >= 15 is 0 Å². The molecule has 0 saturated heterocycles. The van der Waals surface area contributed by atoms with Crippen molar-refractivity contribution in [3.63, 3.8) is 0 Å². The van der Waals surface area contributed by atoms with E-state index in [0.29, 0.717) is 12.8 Å². The predicted octanol–water partition coefficient (Wildman–Crippen LogP) is 0.598. The van der Waals surface area contributed by atoms with Gasteiger partial charge in [-0.3, -0.25) is 9.59 Å². The average Bonchev–Trinajstić information content (AvgIpc) is 2.20. The summed E-state index contributed by atoms with van der Waals surface area (Å²) >= 11 is 0. The normalized spacial score (nSPS) is 16.8. The summed E-state index contributed by atoms with van der Waals surface area (Å²) in [6.07, 6.45) is 2.12. The van der Waals surface area contributed by atoms with Gasteiger partial charge < -0.3 is 21.1 Å². The topological polar surface area (TPSA) is 108 Å². The second kappa shape index (κ2) is 6.11. The molecule has 3 amide bonds. The maximum absolute atomic E-state index is 11.7. The van der Waals surface area contributed by atoms with E-state index in [1.54, 1.807) is 0 Å². The van der Waals surface area contributed by atoms with Crippen molar-refractivity contribution in [1.29, 1.82) is 0 Å². The molecule has 114 valence electrons. The standard InChI is InChI=1S/C13H23N3O4/c1-12(2,3)15-9(17)8-14-11(20)16-13(5-4-6-13)7-10(18)19/h4-8H2,1-3H3,(H,15,17)(H,18,19)(H2,14,16,20). The van der Waals surface area contributed by atoms with Gasteiger partial charge in [0.15, 0.2) is 0 Å². The predicted molar refractivity (Wildman–Crippen MR) is 73.3 cm³/mol. The molecule has 1 aliphatic rings. The van der Waals surface area contributed by atoms with E-state index in [4.69, 9.17) is 5.11 Å². The van der Waals surface area contributed by atoms with Crippen molar-refractivity contribution in [3.8, 4) is 0 Å². The highest BCUT2D eigenvalue weighted by atomic mass is 16.4. The summed E-state index contributed by atoms with van der Waals surface area (Å²) in [5, 5.41) is 16.7. The molecule has 0 unspecified atom stereocenters. The van der Waals surface area contributed by atoms with Crippen LogP contribution in [0.4, 0.5) is 4.79 Å². The van der Waals surface area contributed by atoms with E-state index in [2.05, 4.69) is 16.0 Å². The van der Waals surface area contributed by atoms with Gasteiger partial charge in [0.05, 0.1) is 18.5 Å². The Morgan fingerprint density at radius 2 is 1.80 bits per heavy atom. The second-order valence-corrected chi connectivity index (χ2v) is 6.31. The number of carboxylic acid groups (broad SMARTS) is 1. The lowest BCUT2D eigenvalue weighted by Gasteiger charge is -2.41. The highest BCUT2D eigenvalue weighted by Crippen LogP contribution is 2.34. The van der Waals surface area contributed by atoms with Crippen LogP contribution in [0.1, 0.15) is 46.5 Å². The minimum atomic E-state index is -0.935. The van der Waals surface area contributed by atoms with Gasteiger partial charge in [-0.2, -0.15) is 0 Å². The molecule has 0 bridgehead atoms. The van der Waals surface area contributed by atoms with Gasteiger partial charge in [0.25, 0.3) is 0 Å². The Morgan fingerprint density at radius 3 is 2.20 bits per heavy atom. The highest BCUT2D eigenvalue weighted by molar-refractivity contribution is 5.85. The van der Waals surface area contributed by atoms with Gasteiger partial charge in [0, 0.05) is 5.54 Å². The molecule has 7 nitrogen and oxygen atoms in total. The van der Waals surface area contributed by atoms with Crippen LogP contribution in [-0.4, -0.2) is 40.6 Å². The molecule has 1 rings (SSSR count). The van der Waals surface area contributed by atoms with E-state index in [9.17, 15) is 14.4 Å². The molecule has 0 atom stereocenters. The van der Waals surface area contributed by atoms with Crippen LogP contribution in [0.15, 0.2) is 0 Å². The number of amides is 3. The van der Waals surface area contributed by atoms with Crippen molar-refractivity contribution in [3.05, 3.63) is 0 Å². The fourth-order valence-electron chi connectivity index (χ4n) is 2.15. The van der Waals surface area contributed by atoms with Gasteiger partial charge in [0.1, 0.15) is 0 Å². The first-order valence-corrected chi connectivity index (χ1v) is 6.71. The van der Waals surface area contributed by atoms with Crippen molar-refractivity contribution in [2.75, 3.05) is 6.54 Å². The maximum Gasteiger partial charge on any atom is 0.315 e. The van der Waals surface area contributed by atoms with Gasteiger partial charge in [-0.1, -0.05) is 0 Å². The molecule has 7 heteroatoms. The number of carboxylic acids is 1. The Kier molecular flexibility index (Phi) is 4.97. The summed E-state index contributed by atoms with van der Waals surface area (Å²) in [6.45, 7) is 5.41. The highest BCUT2D eigenvalue weighted by Gasteiger charge is 2.40. The van der Waals surface area contributed by atoms with Gasteiger partial charge in [-0.25, -0.2) is 4.79 Å².